The van der Waals surface area contributed by atoms with Crippen molar-refractivity contribution in [2.75, 3.05) is 6.61 Å². The van der Waals surface area contributed by atoms with E-state index in [2.05, 4.69) is 24.4 Å². The summed E-state index contributed by atoms with van der Waals surface area (Å²) >= 11 is 0. The van der Waals surface area contributed by atoms with Gasteiger partial charge in [-0.05, 0) is 61.1 Å². The number of carbonyl (C=O) groups is 1. The van der Waals surface area contributed by atoms with Gasteiger partial charge in [0, 0.05) is 30.1 Å². The Morgan fingerprint density at radius 2 is 1.76 bits per heavy atom. The maximum absolute atomic E-state index is 11.8. The highest BCUT2D eigenvalue weighted by Crippen LogP contribution is 2.29. The van der Waals surface area contributed by atoms with Crippen molar-refractivity contribution in [2.45, 2.75) is 32.6 Å². The predicted molar refractivity (Wildman–Crippen MR) is 129 cm³/mol. The van der Waals surface area contributed by atoms with Gasteiger partial charge in [0.1, 0.15) is 0 Å². The number of fused-ring (bicyclic) bond motifs is 1. The number of hydrogen-bond acceptors (Lipinski definition) is 4. The lowest BCUT2D eigenvalue weighted by Crippen LogP contribution is -2.05. The summed E-state index contributed by atoms with van der Waals surface area (Å²) in [5.41, 5.74) is 5.28. The van der Waals surface area contributed by atoms with Crippen LogP contribution >= 0.6 is 0 Å². The molecule has 0 aliphatic heterocycles. The quantitative estimate of drug-likeness (QED) is 0.186. The molecule has 0 saturated heterocycles. The molecule has 33 heavy (non-hydrogen) atoms. The second-order valence-electron chi connectivity index (χ2n) is 7.94. The molecular weight excluding hydrogens is 416 g/mol. The average Bonchev–Trinajstić information content (AvgIpc) is 3.20. The van der Waals surface area contributed by atoms with E-state index in [0.29, 0.717) is 19.4 Å². The van der Waals surface area contributed by atoms with Gasteiger partial charge in [0.2, 0.25) is 0 Å². The first-order valence-corrected chi connectivity index (χ1v) is 11.1. The molecule has 3 aromatic carbocycles. The minimum atomic E-state index is -0.376. The van der Waals surface area contributed by atoms with Gasteiger partial charge in [0.25, 0.3) is 5.69 Å². The number of non-ortho nitro benzene ring substituents is 1. The molecule has 0 atom stereocenters. The van der Waals surface area contributed by atoms with Crippen LogP contribution in [-0.4, -0.2) is 22.1 Å². The van der Waals surface area contributed by atoms with Crippen LogP contribution in [0.25, 0.3) is 16.6 Å². The van der Waals surface area contributed by atoms with Crippen LogP contribution in [0.5, 0.6) is 0 Å². The molecule has 0 bridgehead atoms. The molecule has 4 aromatic rings. The standard InChI is InChI=1S/C27H26N2O4/c1-2-33-27(30)16-13-21-12-15-26-25(17-21)22(14-11-20-7-4-3-5-8-20)19-28(26)23-9-6-10-24(18-23)29(31)32/h3-10,12,15,17-19H,2,11,13-14,16H2,1H3. The Labute approximate surface area is 192 Å². The third-order valence-corrected chi connectivity index (χ3v) is 5.72. The van der Waals surface area contributed by atoms with Gasteiger partial charge in [-0.25, -0.2) is 0 Å². The van der Waals surface area contributed by atoms with E-state index in [9.17, 15) is 14.9 Å². The fourth-order valence-electron chi connectivity index (χ4n) is 4.07. The van der Waals surface area contributed by atoms with Crippen LogP contribution in [0.1, 0.15) is 30.0 Å². The zero-order valence-electron chi connectivity index (χ0n) is 18.6. The highest BCUT2D eigenvalue weighted by molar-refractivity contribution is 5.86. The first-order valence-electron chi connectivity index (χ1n) is 11.1. The van der Waals surface area contributed by atoms with Crippen molar-refractivity contribution in [1.29, 1.82) is 0 Å². The van der Waals surface area contributed by atoms with Gasteiger partial charge < -0.3 is 9.30 Å². The van der Waals surface area contributed by atoms with E-state index in [4.69, 9.17) is 4.74 Å². The van der Waals surface area contributed by atoms with E-state index >= 15 is 0 Å². The molecule has 0 saturated carbocycles. The SMILES string of the molecule is CCOC(=O)CCc1ccc2c(c1)c(CCc1ccccc1)cn2-c1cccc([N+](=O)[O-])c1. The van der Waals surface area contributed by atoms with Crippen molar-refractivity contribution in [1.82, 2.24) is 4.57 Å². The smallest absolute Gasteiger partial charge is 0.306 e. The number of nitro benzene ring substituents is 1. The summed E-state index contributed by atoms with van der Waals surface area (Å²) in [4.78, 5) is 22.7. The molecule has 0 fully saturated rings. The zero-order chi connectivity index (χ0) is 23.2. The molecular formula is C27H26N2O4. The number of benzene rings is 3. The molecule has 0 spiro atoms. The normalized spacial score (nSPS) is 10.9. The number of esters is 1. The van der Waals surface area contributed by atoms with E-state index in [-0.39, 0.29) is 16.6 Å². The monoisotopic (exact) mass is 442 g/mol. The first kappa shape index (κ1) is 22.3. The Kier molecular flexibility index (Phi) is 6.83. The third-order valence-electron chi connectivity index (χ3n) is 5.72. The number of ether oxygens (including phenoxy) is 1. The minimum absolute atomic E-state index is 0.0613. The highest BCUT2D eigenvalue weighted by Gasteiger charge is 2.14. The van der Waals surface area contributed by atoms with Crippen LogP contribution in [0.15, 0.2) is 79.0 Å². The number of aryl methyl sites for hydroxylation is 3. The van der Waals surface area contributed by atoms with Crippen LogP contribution in [0.2, 0.25) is 0 Å². The van der Waals surface area contributed by atoms with Gasteiger partial charge in [0.05, 0.1) is 22.7 Å². The van der Waals surface area contributed by atoms with Gasteiger partial charge in [-0.15, -0.1) is 0 Å². The number of carbonyl (C=O) groups excluding carboxylic acids is 1. The summed E-state index contributed by atoms with van der Waals surface area (Å²) in [5.74, 6) is -0.198. The van der Waals surface area contributed by atoms with Crippen LogP contribution in [0, 0.1) is 10.1 Å². The van der Waals surface area contributed by atoms with Crippen LogP contribution in [0.4, 0.5) is 5.69 Å². The van der Waals surface area contributed by atoms with Crippen molar-refractivity contribution in [3.05, 3.63) is 106 Å². The number of aromatic nitrogens is 1. The molecule has 1 heterocycles. The second kappa shape index (κ2) is 10.1. The second-order valence-corrected chi connectivity index (χ2v) is 7.94. The molecule has 6 nitrogen and oxygen atoms in total. The van der Waals surface area contributed by atoms with Gasteiger partial charge in [-0.1, -0.05) is 42.5 Å². The first-order chi connectivity index (χ1) is 16.0. The predicted octanol–water partition coefficient (Wildman–Crippen LogP) is 5.82. The minimum Gasteiger partial charge on any atom is -0.466 e. The van der Waals surface area contributed by atoms with Gasteiger partial charge >= 0.3 is 5.97 Å². The molecule has 0 N–H and O–H groups in total. The molecule has 0 radical (unpaired) electrons. The molecule has 0 aliphatic carbocycles. The summed E-state index contributed by atoms with van der Waals surface area (Å²) in [7, 11) is 0. The van der Waals surface area contributed by atoms with Crippen molar-refractivity contribution >= 4 is 22.6 Å². The zero-order valence-corrected chi connectivity index (χ0v) is 18.6. The van der Waals surface area contributed by atoms with Crippen LogP contribution in [-0.2, 0) is 28.8 Å². The Hall–Kier alpha value is -3.93. The van der Waals surface area contributed by atoms with E-state index in [1.165, 1.54) is 17.2 Å². The molecule has 0 aliphatic rings. The molecule has 0 amide bonds. The fourth-order valence-corrected chi connectivity index (χ4v) is 4.07. The average molecular weight is 443 g/mol. The molecule has 1 aromatic heterocycles. The molecule has 0 unspecified atom stereocenters. The Morgan fingerprint density at radius 3 is 2.52 bits per heavy atom. The maximum atomic E-state index is 11.8. The van der Waals surface area contributed by atoms with Crippen LogP contribution in [0.3, 0.4) is 0 Å². The lowest BCUT2D eigenvalue weighted by atomic mass is 10.0. The summed E-state index contributed by atoms with van der Waals surface area (Å²) in [5, 5.41) is 12.4. The van der Waals surface area contributed by atoms with E-state index in [1.54, 1.807) is 19.1 Å². The van der Waals surface area contributed by atoms with Crippen molar-refractivity contribution < 1.29 is 14.5 Å². The summed E-state index contributed by atoms with van der Waals surface area (Å²) < 4.78 is 7.07. The number of nitrogens with zero attached hydrogens (tertiary/aromatic N) is 2. The lowest BCUT2D eigenvalue weighted by Gasteiger charge is -2.07. The largest absolute Gasteiger partial charge is 0.466 e. The Bertz CT molecular complexity index is 1280. The Morgan fingerprint density at radius 1 is 0.939 bits per heavy atom. The van der Waals surface area contributed by atoms with Gasteiger partial charge in [-0.3, -0.25) is 14.9 Å². The maximum Gasteiger partial charge on any atom is 0.306 e. The van der Waals surface area contributed by atoms with Crippen LogP contribution < -0.4 is 0 Å². The number of nitro groups is 1. The molecule has 168 valence electrons. The number of hydrogen-bond donors (Lipinski definition) is 0. The molecule has 4 rings (SSSR count). The summed E-state index contributed by atoms with van der Waals surface area (Å²) in [6, 6.07) is 23.2. The lowest BCUT2D eigenvalue weighted by molar-refractivity contribution is -0.384. The third kappa shape index (κ3) is 5.29. The van der Waals surface area contributed by atoms with E-state index < -0.39 is 0 Å². The van der Waals surface area contributed by atoms with Crippen molar-refractivity contribution in [2.24, 2.45) is 0 Å². The Balaban J connectivity index is 1.71. The van der Waals surface area contributed by atoms with E-state index in [0.717, 1.165) is 35.0 Å². The molecule has 6 heteroatoms. The topological polar surface area (TPSA) is 74.4 Å². The highest BCUT2D eigenvalue weighted by atomic mass is 16.6. The van der Waals surface area contributed by atoms with Gasteiger partial charge in [0.15, 0.2) is 0 Å². The van der Waals surface area contributed by atoms with Crippen molar-refractivity contribution in [3.8, 4) is 5.69 Å². The summed E-state index contributed by atoms with van der Waals surface area (Å²) in [6.45, 7) is 2.19. The van der Waals surface area contributed by atoms with Crippen molar-refractivity contribution in [3.63, 3.8) is 0 Å². The van der Waals surface area contributed by atoms with Gasteiger partial charge in [-0.2, -0.15) is 0 Å². The number of rotatable bonds is 9. The summed E-state index contributed by atoms with van der Waals surface area (Å²) in [6.07, 6.45) is 4.74. The fraction of sp³-hybridized carbons (Fsp3) is 0.222. The van der Waals surface area contributed by atoms with E-state index in [1.807, 2.05) is 41.0 Å².